The number of nitrogens with one attached hydrogen (secondary N) is 1. The summed E-state index contributed by atoms with van der Waals surface area (Å²) >= 11 is 0. The van der Waals surface area contributed by atoms with E-state index in [4.69, 9.17) is 18.9 Å². The fourth-order valence-electron chi connectivity index (χ4n) is 6.32. The number of piperidine rings is 1. The first-order valence-electron chi connectivity index (χ1n) is 15.7. The van der Waals surface area contributed by atoms with Crippen LogP contribution in [0.25, 0.3) is 11.0 Å². The molecule has 45 heavy (non-hydrogen) atoms. The summed E-state index contributed by atoms with van der Waals surface area (Å²) in [6, 6.07) is 23.4. The summed E-state index contributed by atoms with van der Waals surface area (Å²) in [6.07, 6.45) is 3.22. The lowest BCUT2D eigenvalue weighted by Gasteiger charge is -2.41. The topological polar surface area (TPSA) is 115 Å². The number of aliphatic hydroxyl groups excluding tert-OH is 1. The highest BCUT2D eigenvalue weighted by Gasteiger charge is 2.41. The van der Waals surface area contributed by atoms with Gasteiger partial charge in [-0.2, -0.15) is 0 Å². The Morgan fingerprint density at radius 2 is 1.58 bits per heavy atom. The van der Waals surface area contributed by atoms with Gasteiger partial charge in [0.15, 0.2) is 12.1 Å². The van der Waals surface area contributed by atoms with Crippen molar-refractivity contribution in [2.45, 2.75) is 56.7 Å². The van der Waals surface area contributed by atoms with Crippen LogP contribution in [0.4, 0.5) is 0 Å². The van der Waals surface area contributed by atoms with Crippen molar-refractivity contribution in [2.24, 2.45) is 0 Å². The van der Waals surface area contributed by atoms with Gasteiger partial charge in [-0.3, -0.25) is 9.78 Å². The molecule has 2 N–H and O–H groups in total. The molecule has 0 saturated carbocycles. The maximum Gasteiger partial charge on any atom is 0.271 e. The standard InChI is InChI=1S/C35H38N4O6/c40-23-25-7-9-26(10-8-25)32-19-28(22-39-15-13-35(14-16-39)42-17-18-43-35)44-34(45-32)27-11-5-24(6-12-27)20-37-33(41)31-21-36-29-3-1-2-4-30(29)38-31/h1-12,21,28,32,34,40H,13-20,22-23H2,(H,37,41)/t28-,32+,34+/m1/s1. The van der Waals surface area contributed by atoms with E-state index in [9.17, 15) is 9.90 Å². The lowest BCUT2D eigenvalue weighted by molar-refractivity contribution is -0.255. The van der Waals surface area contributed by atoms with Crippen LogP contribution in [0.3, 0.4) is 0 Å². The molecule has 0 unspecified atom stereocenters. The Morgan fingerprint density at radius 1 is 0.889 bits per heavy atom. The molecule has 4 aromatic rings. The Kier molecular flexibility index (Phi) is 8.84. The molecular formula is C35H38N4O6. The van der Waals surface area contributed by atoms with Crippen molar-refractivity contribution < 1.29 is 28.8 Å². The number of aliphatic hydroxyl groups is 1. The third kappa shape index (κ3) is 6.91. The van der Waals surface area contributed by atoms with Crippen LogP contribution >= 0.6 is 0 Å². The largest absolute Gasteiger partial charge is 0.392 e. The van der Waals surface area contributed by atoms with E-state index in [1.165, 1.54) is 6.20 Å². The monoisotopic (exact) mass is 610 g/mol. The molecule has 3 atom stereocenters. The van der Waals surface area contributed by atoms with E-state index < -0.39 is 12.1 Å². The van der Waals surface area contributed by atoms with E-state index in [1.54, 1.807) is 0 Å². The number of likely N-dealkylation sites (tertiary alicyclic amines) is 1. The molecule has 0 bridgehead atoms. The molecule has 3 fully saturated rings. The molecule has 1 spiro atoms. The van der Waals surface area contributed by atoms with Crippen molar-refractivity contribution >= 4 is 16.9 Å². The van der Waals surface area contributed by atoms with Crippen molar-refractivity contribution in [3.05, 3.63) is 107 Å². The first-order valence-corrected chi connectivity index (χ1v) is 15.7. The molecule has 234 valence electrons. The minimum absolute atomic E-state index is 0.00645. The number of carbonyl (C=O) groups excluding carboxylic acids is 1. The summed E-state index contributed by atoms with van der Waals surface area (Å²) < 4.78 is 24.9. The number of amides is 1. The highest BCUT2D eigenvalue weighted by molar-refractivity contribution is 5.93. The number of hydrogen-bond donors (Lipinski definition) is 2. The molecule has 4 heterocycles. The average molecular weight is 611 g/mol. The van der Waals surface area contributed by atoms with Gasteiger partial charge in [-0.25, -0.2) is 4.98 Å². The molecule has 3 saturated heterocycles. The zero-order valence-corrected chi connectivity index (χ0v) is 25.1. The zero-order valence-electron chi connectivity index (χ0n) is 25.1. The molecule has 3 aromatic carbocycles. The van der Waals surface area contributed by atoms with Gasteiger partial charge in [0.1, 0.15) is 5.69 Å². The summed E-state index contributed by atoms with van der Waals surface area (Å²) in [6.45, 7) is 4.29. The quantitative estimate of drug-likeness (QED) is 0.299. The minimum Gasteiger partial charge on any atom is -0.392 e. The van der Waals surface area contributed by atoms with Crippen LogP contribution in [0.5, 0.6) is 0 Å². The molecule has 10 heteroatoms. The Labute approximate surface area is 262 Å². The Bertz CT molecular complexity index is 1600. The van der Waals surface area contributed by atoms with Gasteiger partial charge in [0.2, 0.25) is 0 Å². The van der Waals surface area contributed by atoms with Crippen LogP contribution in [0.15, 0.2) is 79.0 Å². The highest BCUT2D eigenvalue weighted by atomic mass is 16.7. The summed E-state index contributed by atoms with van der Waals surface area (Å²) in [5.41, 5.74) is 5.51. The van der Waals surface area contributed by atoms with Gasteiger partial charge in [0.25, 0.3) is 5.91 Å². The smallest absolute Gasteiger partial charge is 0.271 e. The van der Waals surface area contributed by atoms with Crippen LogP contribution in [0.1, 0.15) is 64.4 Å². The van der Waals surface area contributed by atoms with Gasteiger partial charge in [0.05, 0.1) is 49.3 Å². The van der Waals surface area contributed by atoms with Gasteiger partial charge in [0, 0.05) is 51.0 Å². The normalized spacial score (nSPS) is 23.4. The molecule has 1 aromatic heterocycles. The van der Waals surface area contributed by atoms with E-state index in [0.717, 1.165) is 66.7 Å². The minimum atomic E-state index is -0.541. The lowest BCUT2D eigenvalue weighted by Crippen LogP contribution is -2.48. The van der Waals surface area contributed by atoms with Crippen molar-refractivity contribution in [1.29, 1.82) is 0 Å². The molecule has 0 radical (unpaired) electrons. The first kappa shape index (κ1) is 29.9. The number of ether oxygens (including phenoxy) is 4. The van der Waals surface area contributed by atoms with E-state index in [-0.39, 0.29) is 30.4 Å². The fourth-order valence-corrected chi connectivity index (χ4v) is 6.32. The fraction of sp³-hybridized carbons (Fsp3) is 0.400. The number of hydrogen-bond acceptors (Lipinski definition) is 9. The predicted octanol–water partition coefficient (Wildman–Crippen LogP) is 4.44. The van der Waals surface area contributed by atoms with Gasteiger partial charge in [-0.1, -0.05) is 60.7 Å². The van der Waals surface area contributed by atoms with Gasteiger partial charge < -0.3 is 34.3 Å². The molecule has 7 rings (SSSR count). The number of benzene rings is 3. The van der Waals surface area contributed by atoms with Gasteiger partial charge in [-0.15, -0.1) is 0 Å². The van der Waals surface area contributed by atoms with Crippen molar-refractivity contribution in [1.82, 2.24) is 20.2 Å². The molecular weight excluding hydrogens is 572 g/mol. The Morgan fingerprint density at radius 3 is 2.31 bits per heavy atom. The number of nitrogens with zero attached hydrogens (tertiary/aromatic N) is 3. The highest BCUT2D eigenvalue weighted by Crippen LogP contribution is 2.39. The van der Waals surface area contributed by atoms with Crippen LogP contribution in [0, 0.1) is 0 Å². The summed E-state index contributed by atoms with van der Waals surface area (Å²) in [7, 11) is 0. The third-order valence-electron chi connectivity index (χ3n) is 8.89. The van der Waals surface area contributed by atoms with Gasteiger partial charge in [-0.05, 0) is 28.8 Å². The van der Waals surface area contributed by atoms with Crippen LogP contribution in [-0.2, 0) is 32.1 Å². The molecule has 0 aliphatic carbocycles. The van der Waals surface area contributed by atoms with Crippen LogP contribution < -0.4 is 5.32 Å². The average Bonchev–Trinajstić information content (AvgIpc) is 3.56. The predicted molar refractivity (Wildman–Crippen MR) is 166 cm³/mol. The number of aromatic nitrogens is 2. The molecule has 3 aliphatic rings. The van der Waals surface area contributed by atoms with Crippen molar-refractivity contribution in [2.75, 3.05) is 32.8 Å². The summed E-state index contributed by atoms with van der Waals surface area (Å²) in [4.78, 5) is 24.0. The van der Waals surface area contributed by atoms with Crippen molar-refractivity contribution in [3.8, 4) is 0 Å². The number of fused-ring (bicyclic) bond motifs is 1. The maximum absolute atomic E-state index is 12.8. The summed E-state index contributed by atoms with van der Waals surface area (Å²) in [5, 5.41) is 12.5. The van der Waals surface area contributed by atoms with Crippen molar-refractivity contribution in [3.63, 3.8) is 0 Å². The first-order chi connectivity index (χ1) is 22.1. The van der Waals surface area contributed by atoms with Crippen LogP contribution in [0.2, 0.25) is 0 Å². The van der Waals surface area contributed by atoms with Crippen LogP contribution in [-0.4, -0.2) is 70.6 Å². The molecule has 10 nitrogen and oxygen atoms in total. The van der Waals surface area contributed by atoms with E-state index >= 15 is 0 Å². The lowest BCUT2D eigenvalue weighted by atomic mass is 9.98. The maximum atomic E-state index is 12.8. The SMILES string of the molecule is O=C(NCc1ccc([C@H]2O[C@@H](CN3CCC4(CC3)OCCO4)C[C@@H](c3ccc(CO)cc3)O2)cc1)c1cnc2ccccc2n1. The summed E-state index contributed by atoms with van der Waals surface area (Å²) in [5.74, 6) is -0.680. The molecule has 3 aliphatic heterocycles. The number of rotatable bonds is 8. The Balaban J connectivity index is 1.01. The van der Waals surface area contributed by atoms with E-state index in [1.807, 2.05) is 72.8 Å². The second-order valence-corrected chi connectivity index (χ2v) is 11.9. The molecule has 1 amide bonds. The van der Waals surface area contributed by atoms with E-state index in [2.05, 4.69) is 20.2 Å². The van der Waals surface area contributed by atoms with E-state index in [0.29, 0.717) is 25.3 Å². The number of carbonyl (C=O) groups is 1. The number of para-hydroxylation sites is 2. The second-order valence-electron chi connectivity index (χ2n) is 11.9. The van der Waals surface area contributed by atoms with Gasteiger partial charge >= 0.3 is 0 Å². The third-order valence-corrected chi connectivity index (χ3v) is 8.89. The zero-order chi connectivity index (χ0) is 30.6. The second kappa shape index (κ2) is 13.3. The Hall–Kier alpha value is -3.77.